The SMILES string of the molecule is COc1cccc(/C=C/C(=O)OCC(=O)NC(=O)NC(C)(C)C)c1. The average Bonchev–Trinajstić information content (AvgIpc) is 2.49. The molecule has 24 heavy (non-hydrogen) atoms. The number of imide groups is 1. The summed E-state index contributed by atoms with van der Waals surface area (Å²) < 4.78 is 9.84. The minimum absolute atomic E-state index is 0.472. The summed E-state index contributed by atoms with van der Waals surface area (Å²) in [7, 11) is 1.55. The summed E-state index contributed by atoms with van der Waals surface area (Å²) in [4.78, 5) is 34.6. The molecule has 130 valence electrons. The molecule has 0 aliphatic carbocycles. The fourth-order valence-corrected chi connectivity index (χ4v) is 1.63. The molecule has 0 fully saturated rings. The van der Waals surface area contributed by atoms with Gasteiger partial charge in [-0.25, -0.2) is 9.59 Å². The number of methoxy groups -OCH3 is 1. The molecule has 0 unspecified atom stereocenters. The van der Waals surface area contributed by atoms with Gasteiger partial charge in [-0.2, -0.15) is 0 Å². The number of hydrogen-bond acceptors (Lipinski definition) is 5. The van der Waals surface area contributed by atoms with Crippen molar-refractivity contribution in [2.45, 2.75) is 26.3 Å². The van der Waals surface area contributed by atoms with E-state index in [1.54, 1.807) is 52.1 Å². The van der Waals surface area contributed by atoms with Gasteiger partial charge in [-0.1, -0.05) is 12.1 Å². The summed E-state index contributed by atoms with van der Waals surface area (Å²) in [6.45, 7) is 4.79. The summed E-state index contributed by atoms with van der Waals surface area (Å²) in [5.41, 5.74) is 0.279. The van der Waals surface area contributed by atoms with Gasteiger partial charge in [0, 0.05) is 11.6 Å². The second-order valence-electron chi connectivity index (χ2n) is 5.97. The summed E-state index contributed by atoms with van der Waals surface area (Å²) in [6, 6.07) is 6.45. The second-order valence-corrected chi connectivity index (χ2v) is 5.97. The van der Waals surface area contributed by atoms with Gasteiger partial charge in [0.25, 0.3) is 5.91 Å². The number of ether oxygens (including phenoxy) is 2. The van der Waals surface area contributed by atoms with Gasteiger partial charge in [-0.05, 0) is 44.5 Å². The third-order valence-corrected chi connectivity index (χ3v) is 2.59. The van der Waals surface area contributed by atoms with Crippen molar-refractivity contribution in [2.24, 2.45) is 0 Å². The van der Waals surface area contributed by atoms with E-state index >= 15 is 0 Å². The normalized spacial score (nSPS) is 11.0. The van der Waals surface area contributed by atoms with Crippen molar-refractivity contribution in [1.29, 1.82) is 0 Å². The molecule has 7 heteroatoms. The molecule has 0 saturated carbocycles. The summed E-state index contributed by atoms with van der Waals surface area (Å²) in [6.07, 6.45) is 2.73. The minimum atomic E-state index is -0.708. The number of carbonyl (C=O) groups is 3. The van der Waals surface area contributed by atoms with Crippen LogP contribution in [0.25, 0.3) is 6.08 Å². The van der Waals surface area contributed by atoms with Gasteiger partial charge in [0.05, 0.1) is 7.11 Å². The van der Waals surface area contributed by atoms with Gasteiger partial charge in [-0.3, -0.25) is 10.1 Å². The molecule has 0 radical (unpaired) electrons. The molecule has 0 saturated heterocycles. The first-order chi connectivity index (χ1) is 11.2. The van der Waals surface area contributed by atoms with Crippen LogP contribution in [0.2, 0.25) is 0 Å². The number of benzene rings is 1. The van der Waals surface area contributed by atoms with Crippen LogP contribution in [-0.4, -0.2) is 37.2 Å². The van der Waals surface area contributed by atoms with Crippen LogP contribution in [0.4, 0.5) is 4.79 Å². The molecular weight excluding hydrogens is 312 g/mol. The maximum Gasteiger partial charge on any atom is 0.331 e. The van der Waals surface area contributed by atoms with E-state index in [4.69, 9.17) is 9.47 Å². The molecule has 0 aliphatic rings. The van der Waals surface area contributed by atoms with Crippen LogP contribution in [0.15, 0.2) is 30.3 Å². The molecule has 0 bridgehead atoms. The Bertz CT molecular complexity index is 632. The van der Waals surface area contributed by atoms with Gasteiger partial charge in [0.15, 0.2) is 6.61 Å². The van der Waals surface area contributed by atoms with Crippen LogP contribution in [0.5, 0.6) is 5.75 Å². The average molecular weight is 334 g/mol. The van der Waals surface area contributed by atoms with E-state index in [0.29, 0.717) is 5.75 Å². The molecule has 2 N–H and O–H groups in total. The number of nitrogens with one attached hydrogen (secondary N) is 2. The van der Waals surface area contributed by atoms with Crippen molar-refractivity contribution in [3.63, 3.8) is 0 Å². The molecule has 7 nitrogen and oxygen atoms in total. The smallest absolute Gasteiger partial charge is 0.331 e. The monoisotopic (exact) mass is 334 g/mol. The highest BCUT2D eigenvalue weighted by Gasteiger charge is 2.16. The lowest BCUT2D eigenvalue weighted by atomic mass is 10.1. The molecule has 0 aliphatic heterocycles. The van der Waals surface area contributed by atoms with Gasteiger partial charge in [0.2, 0.25) is 0 Å². The number of carbonyl (C=O) groups excluding carboxylic acids is 3. The molecule has 0 atom stereocenters. The second kappa shape index (κ2) is 8.71. The van der Waals surface area contributed by atoms with E-state index in [-0.39, 0.29) is 0 Å². The minimum Gasteiger partial charge on any atom is -0.497 e. The Labute approximate surface area is 141 Å². The Morgan fingerprint density at radius 3 is 2.54 bits per heavy atom. The van der Waals surface area contributed by atoms with Gasteiger partial charge in [0.1, 0.15) is 5.75 Å². The van der Waals surface area contributed by atoms with Gasteiger partial charge >= 0.3 is 12.0 Å². The molecule has 0 aromatic heterocycles. The van der Waals surface area contributed by atoms with Crippen molar-refractivity contribution in [1.82, 2.24) is 10.6 Å². The van der Waals surface area contributed by atoms with Crippen molar-refractivity contribution in [3.05, 3.63) is 35.9 Å². The molecule has 3 amide bonds. The Hall–Kier alpha value is -2.83. The van der Waals surface area contributed by atoms with E-state index in [1.165, 1.54) is 12.2 Å². The molecule has 1 aromatic carbocycles. The number of amides is 3. The first kappa shape index (κ1) is 19.2. The molecular formula is C17H22N2O5. The summed E-state index contributed by atoms with van der Waals surface area (Å²) in [5.74, 6) is -0.737. The zero-order chi connectivity index (χ0) is 18.2. The number of rotatable bonds is 5. The topological polar surface area (TPSA) is 93.7 Å². The zero-order valence-corrected chi connectivity index (χ0v) is 14.2. The van der Waals surface area contributed by atoms with Crippen molar-refractivity contribution in [3.8, 4) is 5.75 Å². The lowest BCUT2D eigenvalue weighted by molar-refractivity contribution is -0.143. The third-order valence-electron chi connectivity index (χ3n) is 2.59. The van der Waals surface area contributed by atoms with Crippen molar-refractivity contribution < 1.29 is 23.9 Å². The lowest BCUT2D eigenvalue weighted by Crippen LogP contribution is -2.49. The number of urea groups is 1. The van der Waals surface area contributed by atoms with Crippen LogP contribution in [0.3, 0.4) is 0 Å². The van der Waals surface area contributed by atoms with E-state index < -0.39 is 30.1 Å². The molecule has 0 spiro atoms. The van der Waals surface area contributed by atoms with E-state index in [2.05, 4.69) is 10.6 Å². The largest absolute Gasteiger partial charge is 0.497 e. The first-order valence-electron chi connectivity index (χ1n) is 7.30. The fourth-order valence-electron chi connectivity index (χ4n) is 1.63. The number of esters is 1. The standard InChI is InChI=1S/C17H22N2O5/c1-17(2,3)19-16(22)18-14(20)11-24-15(21)9-8-12-6-5-7-13(10-12)23-4/h5-10H,11H2,1-4H3,(H2,18,19,20,22)/b9-8+. The Balaban J connectivity index is 2.41. The first-order valence-corrected chi connectivity index (χ1v) is 7.30. The van der Waals surface area contributed by atoms with Crippen LogP contribution in [0.1, 0.15) is 26.3 Å². The molecule has 1 aromatic rings. The van der Waals surface area contributed by atoms with Crippen LogP contribution in [0, 0.1) is 0 Å². The highest BCUT2D eigenvalue weighted by Crippen LogP contribution is 2.13. The number of hydrogen-bond donors (Lipinski definition) is 2. The maximum absolute atomic E-state index is 11.6. The highest BCUT2D eigenvalue weighted by molar-refractivity contribution is 5.96. The van der Waals surface area contributed by atoms with Crippen LogP contribution < -0.4 is 15.4 Å². The zero-order valence-electron chi connectivity index (χ0n) is 14.2. The molecule has 0 heterocycles. The molecule has 1 rings (SSSR count). The van der Waals surface area contributed by atoms with E-state index in [1.807, 2.05) is 0 Å². The van der Waals surface area contributed by atoms with Crippen molar-refractivity contribution in [2.75, 3.05) is 13.7 Å². The van der Waals surface area contributed by atoms with Gasteiger partial charge in [-0.15, -0.1) is 0 Å². The van der Waals surface area contributed by atoms with E-state index in [9.17, 15) is 14.4 Å². The quantitative estimate of drug-likeness (QED) is 0.633. The Kier molecular flexibility index (Phi) is 6.98. The van der Waals surface area contributed by atoms with Crippen molar-refractivity contribution >= 4 is 24.0 Å². The maximum atomic E-state index is 11.6. The fraction of sp³-hybridized carbons (Fsp3) is 0.353. The highest BCUT2D eigenvalue weighted by atomic mass is 16.5. The Morgan fingerprint density at radius 1 is 1.21 bits per heavy atom. The van der Waals surface area contributed by atoms with Crippen LogP contribution in [-0.2, 0) is 14.3 Å². The van der Waals surface area contributed by atoms with Crippen LogP contribution >= 0.6 is 0 Å². The summed E-state index contributed by atoms with van der Waals surface area (Å²) >= 11 is 0. The predicted molar refractivity (Wildman–Crippen MR) is 89.4 cm³/mol. The third kappa shape index (κ3) is 7.98. The summed E-state index contributed by atoms with van der Waals surface area (Å²) in [5, 5.41) is 4.63. The predicted octanol–water partition coefficient (Wildman–Crippen LogP) is 1.88. The van der Waals surface area contributed by atoms with E-state index in [0.717, 1.165) is 5.56 Å². The lowest BCUT2D eigenvalue weighted by Gasteiger charge is -2.20. The van der Waals surface area contributed by atoms with Gasteiger partial charge < -0.3 is 14.8 Å². The Morgan fingerprint density at radius 2 is 1.92 bits per heavy atom.